The number of aromatic nitrogens is 1. The molecule has 0 saturated carbocycles. The van der Waals surface area contributed by atoms with Gasteiger partial charge in [-0.1, -0.05) is 24.3 Å². The Kier molecular flexibility index (Phi) is 5.23. The first kappa shape index (κ1) is 21.3. The number of pyridine rings is 1. The van der Waals surface area contributed by atoms with Crippen molar-refractivity contribution in [3.05, 3.63) is 72.6 Å². The van der Waals surface area contributed by atoms with E-state index >= 15 is 0 Å². The van der Waals surface area contributed by atoms with Gasteiger partial charge in [-0.15, -0.1) is 0 Å². The maximum atomic E-state index is 12.8. The molecular weight excluding hydrogens is 429 g/mol. The van der Waals surface area contributed by atoms with E-state index in [4.69, 9.17) is 0 Å². The van der Waals surface area contributed by atoms with E-state index in [0.717, 1.165) is 33.8 Å². The normalized spacial score (nSPS) is 19.8. The van der Waals surface area contributed by atoms with E-state index in [-0.39, 0.29) is 6.04 Å². The maximum Gasteiger partial charge on any atom is 0.471 e. The molecule has 0 bridgehead atoms. The van der Waals surface area contributed by atoms with Crippen LogP contribution in [0.2, 0.25) is 0 Å². The van der Waals surface area contributed by atoms with Crippen molar-refractivity contribution in [2.75, 3.05) is 23.4 Å². The molecule has 1 aromatic heterocycles. The number of rotatable bonds is 2. The minimum atomic E-state index is -4.88. The number of anilines is 3. The second-order valence-electron chi connectivity index (χ2n) is 8.46. The van der Waals surface area contributed by atoms with E-state index in [1.54, 1.807) is 12.4 Å². The van der Waals surface area contributed by atoms with Crippen LogP contribution in [0.4, 0.5) is 30.2 Å². The molecule has 8 heteroatoms. The number of piperidine rings is 1. The van der Waals surface area contributed by atoms with E-state index in [1.807, 2.05) is 43.4 Å². The monoisotopic (exact) mass is 452 g/mol. The quantitative estimate of drug-likeness (QED) is 0.579. The molecule has 1 N–H and O–H groups in total. The van der Waals surface area contributed by atoms with Gasteiger partial charge in [-0.25, -0.2) is 0 Å². The Labute approximate surface area is 189 Å². The van der Waals surface area contributed by atoms with Crippen molar-refractivity contribution in [1.82, 2.24) is 10.3 Å². The number of hydrogen-bond donors (Lipinski definition) is 1. The first-order valence-electron chi connectivity index (χ1n) is 10.8. The van der Waals surface area contributed by atoms with Crippen LogP contribution in [0.25, 0.3) is 11.1 Å². The molecule has 170 valence electrons. The third-order valence-electron chi connectivity index (χ3n) is 6.51. The summed E-state index contributed by atoms with van der Waals surface area (Å²) in [5, 5.41) is 2.20. The average molecular weight is 452 g/mol. The SMILES string of the molecule is CN1c2ccccc2[C@@H]2C[C@@H](NC(=O)C(F)(F)F)CCN2c2ccc(-c3ccncc3)cc21. The van der Waals surface area contributed by atoms with Gasteiger partial charge in [0.1, 0.15) is 0 Å². The summed E-state index contributed by atoms with van der Waals surface area (Å²) in [6, 6.07) is 17.5. The smallest absolute Gasteiger partial charge is 0.363 e. The van der Waals surface area contributed by atoms with Crippen LogP contribution in [0.5, 0.6) is 0 Å². The van der Waals surface area contributed by atoms with E-state index in [0.29, 0.717) is 19.4 Å². The number of halogens is 3. The number of carbonyl (C=O) groups excluding carboxylic acids is 1. The van der Waals surface area contributed by atoms with Gasteiger partial charge in [-0.3, -0.25) is 9.78 Å². The van der Waals surface area contributed by atoms with Gasteiger partial charge in [0.05, 0.1) is 17.4 Å². The Hall–Kier alpha value is -3.55. The number of benzene rings is 2. The molecule has 2 aliphatic rings. The number of amides is 1. The summed E-state index contributed by atoms with van der Waals surface area (Å²) >= 11 is 0. The lowest BCUT2D eigenvalue weighted by molar-refractivity contribution is -0.174. The summed E-state index contributed by atoms with van der Waals surface area (Å²) in [6.07, 6.45) is -0.519. The minimum Gasteiger partial charge on any atom is -0.363 e. The van der Waals surface area contributed by atoms with Crippen LogP contribution in [-0.2, 0) is 4.79 Å². The van der Waals surface area contributed by atoms with Crippen molar-refractivity contribution >= 4 is 23.0 Å². The van der Waals surface area contributed by atoms with Crippen molar-refractivity contribution < 1.29 is 18.0 Å². The molecule has 2 aliphatic heterocycles. The van der Waals surface area contributed by atoms with Crippen LogP contribution in [0, 0.1) is 0 Å². The predicted octanol–water partition coefficient (Wildman–Crippen LogP) is 5.22. The summed E-state index contributed by atoms with van der Waals surface area (Å²) < 4.78 is 38.5. The molecule has 2 aromatic carbocycles. The summed E-state index contributed by atoms with van der Waals surface area (Å²) in [5.41, 5.74) is 6.21. The van der Waals surface area contributed by atoms with Crippen LogP contribution in [-0.4, -0.2) is 36.7 Å². The predicted molar refractivity (Wildman–Crippen MR) is 121 cm³/mol. The number of nitrogens with one attached hydrogen (secondary N) is 1. The topological polar surface area (TPSA) is 48.5 Å². The van der Waals surface area contributed by atoms with E-state index in [1.165, 1.54) is 0 Å². The van der Waals surface area contributed by atoms with E-state index in [2.05, 4.69) is 38.3 Å². The summed E-state index contributed by atoms with van der Waals surface area (Å²) in [7, 11) is 2.01. The molecule has 1 saturated heterocycles. The number of para-hydroxylation sites is 1. The molecule has 3 aromatic rings. The van der Waals surface area contributed by atoms with Gasteiger partial charge in [0.25, 0.3) is 0 Å². The second kappa shape index (κ2) is 8.10. The molecular formula is C25H23F3N4O. The van der Waals surface area contributed by atoms with Gasteiger partial charge < -0.3 is 15.1 Å². The minimum absolute atomic E-state index is 0.149. The van der Waals surface area contributed by atoms with Crippen molar-refractivity contribution in [3.8, 4) is 11.1 Å². The summed E-state index contributed by atoms with van der Waals surface area (Å²) in [4.78, 5) is 20.1. The zero-order valence-corrected chi connectivity index (χ0v) is 18.0. The highest BCUT2D eigenvalue weighted by molar-refractivity contribution is 5.86. The highest BCUT2D eigenvalue weighted by atomic mass is 19.4. The standard InChI is InChI=1S/C25H23F3N4O/c1-31-20-5-3-2-4-19(20)22-15-18(30-24(33)25(26,27)28)10-13-32(22)21-7-6-17(14-23(21)31)16-8-11-29-12-9-16/h2-9,11-12,14,18,22H,10,13,15H2,1H3,(H,30,33)/t18-,22-/m0/s1. The highest BCUT2D eigenvalue weighted by Crippen LogP contribution is 2.48. The molecule has 5 nitrogen and oxygen atoms in total. The van der Waals surface area contributed by atoms with Crippen LogP contribution in [0.1, 0.15) is 24.4 Å². The largest absolute Gasteiger partial charge is 0.471 e. The molecule has 33 heavy (non-hydrogen) atoms. The van der Waals surface area contributed by atoms with Crippen LogP contribution < -0.4 is 15.1 Å². The Balaban J connectivity index is 1.55. The van der Waals surface area contributed by atoms with Crippen molar-refractivity contribution in [3.63, 3.8) is 0 Å². The van der Waals surface area contributed by atoms with Crippen molar-refractivity contribution in [1.29, 1.82) is 0 Å². The van der Waals surface area contributed by atoms with Gasteiger partial charge in [-0.2, -0.15) is 13.2 Å². The number of fused-ring (bicyclic) bond motifs is 5. The average Bonchev–Trinajstić information content (AvgIpc) is 2.92. The van der Waals surface area contributed by atoms with Crippen LogP contribution >= 0.6 is 0 Å². The fraction of sp³-hybridized carbons (Fsp3) is 0.280. The molecule has 0 radical (unpaired) electrons. The Morgan fingerprint density at radius 1 is 1.00 bits per heavy atom. The third-order valence-corrected chi connectivity index (χ3v) is 6.51. The first-order chi connectivity index (χ1) is 15.8. The Bertz CT molecular complexity index is 1180. The summed E-state index contributed by atoms with van der Waals surface area (Å²) in [6.45, 7) is 0.539. The van der Waals surface area contributed by atoms with Crippen molar-refractivity contribution in [2.45, 2.75) is 31.1 Å². The zero-order valence-electron chi connectivity index (χ0n) is 18.0. The lowest BCUT2D eigenvalue weighted by atomic mass is 9.90. The maximum absolute atomic E-state index is 12.8. The van der Waals surface area contributed by atoms with Crippen LogP contribution in [0.3, 0.4) is 0 Å². The molecule has 1 amide bonds. The number of nitrogens with zero attached hydrogens (tertiary/aromatic N) is 3. The fourth-order valence-corrected chi connectivity index (χ4v) is 4.91. The van der Waals surface area contributed by atoms with E-state index in [9.17, 15) is 18.0 Å². The Morgan fingerprint density at radius 3 is 2.52 bits per heavy atom. The van der Waals surface area contributed by atoms with Gasteiger partial charge in [-0.05, 0) is 59.9 Å². The van der Waals surface area contributed by atoms with E-state index < -0.39 is 18.1 Å². The lowest BCUT2D eigenvalue weighted by Crippen LogP contribution is -2.49. The number of alkyl halides is 3. The van der Waals surface area contributed by atoms with Crippen LogP contribution in [0.15, 0.2) is 67.0 Å². The number of carbonyl (C=O) groups is 1. The summed E-state index contributed by atoms with van der Waals surface area (Å²) in [5.74, 6) is -1.87. The Morgan fingerprint density at radius 2 is 1.76 bits per heavy atom. The van der Waals surface area contributed by atoms with Crippen molar-refractivity contribution in [2.24, 2.45) is 0 Å². The van der Waals surface area contributed by atoms with Gasteiger partial charge in [0.2, 0.25) is 0 Å². The number of hydrogen-bond acceptors (Lipinski definition) is 4. The molecule has 2 atom stereocenters. The first-order valence-corrected chi connectivity index (χ1v) is 10.8. The van der Waals surface area contributed by atoms with Gasteiger partial charge in [0.15, 0.2) is 0 Å². The molecule has 0 aliphatic carbocycles. The molecule has 0 unspecified atom stereocenters. The lowest BCUT2D eigenvalue weighted by Gasteiger charge is -2.41. The molecule has 3 heterocycles. The van der Waals surface area contributed by atoms with Gasteiger partial charge >= 0.3 is 12.1 Å². The fourth-order valence-electron chi connectivity index (χ4n) is 4.91. The third kappa shape index (κ3) is 3.90. The van der Waals surface area contributed by atoms with Gasteiger partial charge in [0, 0.05) is 37.7 Å². The molecule has 0 spiro atoms. The second-order valence-corrected chi connectivity index (χ2v) is 8.46. The zero-order chi connectivity index (χ0) is 23.2. The molecule has 5 rings (SSSR count). The highest BCUT2D eigenvalue weighted by Gasteiger charge is 2.42. The molecule has 1 fully saturated rings.